The molecule has 0 saturated heterocycles. The second kappa shape index (κ2) is 8.46. The van der Waals surface area contributed by atoms with Crippen LogP contribution in [0.4, 0.5) is 0 Å². The van der Waals surface area contributed by atoms with Crippen LogP contribution in [0.1, 0.15) is 18.9 Å². The third-order valence-electron chi connectivity index (χ3n) is 2.28. The molecule has 0 aliphatic heterocycles. The van der Waals surface area contributed by atoms with Gasteiger partial charge in [-0.1, -0.05) is 18.5 Å². The molecule has 5 heteroatoms. The van der Waals surface area contributed by atoms with E-state index in [1.54, 1.807) is 19.2 Å². The predicted octanol–water partition coefficient (Wildman–Crippen LogP) is 3.89. The van der Waals surface area contributed by atoms with Crippen LogP contribution in [0, 0.1) is 0 Å². The van der Waals surface area contributed by atoms with E-state index in [0.717, 1.165) is 18.6 Å². The van der Waals surface area contributed by atoms with E-state index in [-0.39, 0.29) is 0 Å². The Hall–Kier alpha value is -0.640. The third kappa shape index (κ3) is 4.56. The van der Waals surface area contributed by atoms with Gasteiger partial charge < -0.3 is 14.2 Å². The Morgan fingerprint density at radius 3 is 2.56 bits per heavy atom. The van der Waals surface area contributed by atoms with Gasteiger partial charge in [0.15, 0.2) is 11.5 Å². The minimum atomic E-state index is 0.321. The van der Waals surface area contributed by atoms with Gasteiger partial charge in [-0.05, 0) is 12.5 Å². The molecule has 0 bridgehead atoms. The van der Waals surface area contributed by atoms with Gasteiger partial charge in [0, 0.05) is 23.3 Å². The van der Waals surface area contributed by atoms with E-state index >= 15 is 0 Å². The molecular weight excluding hydrogens is 275 g/mol. The summed E-state index contributed by atoms with van der Waals surface area (Å²) in [6, 6.07) is 3.49. The van der Waals surface area contributed by atoms with Crippen molar-refractivity contribution in [3.63, 3.8) is 0 Å². The molecule has 0 radical (unpaired) electrons. The van der Waals surface area contributed by atoms with Crippen LogP contribution in [-0.4, -0.2) is 26.9 Å². The van der Waals surface area contributed by atoms with Gasteiger partial charge in [-0.25, -0.2) is 0 Å². The fourth-order valence-corrected chi connectivity index (χ4v) is 1.92. The maximum absolute atomic E-state index is 5.96. The summed E-state index contributed by atoms with van der Waals surface area (Å²) in [7, 11) is 1.57. The predicted molar refractivity (Wildman–Crippen MR) is 74.2 cm³/mol. The largest absolute Gasteiger partial charge is 0.493 e. The van der Waals surface area contributed by atoms with Crippen LogP contribution in [0.2, 0.25) is 5.02 Å². The van der Waals surface area contributed by atoms with Crippen molar-refractivity contribution in [3.8, 4) is 11.5 Å². The molecule has 0 saturated carbocycles. The van der Waals surface area contributed by atoms with Crippen LogP contribution < -0.4 is 9.47 Å². The molecule has 1 aromatic carbocycles. The van der Waals surface area contributed by atoms with E-state index in [0.29, 0.717) is 35.6 Å². The zero-order chi connectivity index (χ0) is 13.4. The zero-order valence-corrected chi connectivity index (χ0v) is 12.2. The Morgan fingerprint density at radius 1 is 1.17 bits per heavy atom. The summed E-state index contributed by atoms with van der Waals surface area (Å²) in [4.78, 5) is 0. The van der Waals surface area contributed by atoms with Crippen molar-refractivity contribution in [2.45, 2.75) is 19.2 Å². The minimum absolute atomic E-state index is 0.321. The lowest BCUT2D eigenvalue weighted by Gasteiger charge is -2.14. The average Bonchev–Trinajstić information content (AvgIpc) is 2.39. The normalized spacial score (nSPS) is 10.4. The lowest BCUT2D eigenvalue weighted by molar-refractivity contribution is 0.0992. The smallest absolute Gasteiger partial charge is 0.165 e. The highest BCUT2D eigenvalue weighted by atomic mass is 35.5. The number of hydrogen-bond donors (Lipinski definition) is 0. The number of ether oxygens (including phenoxy) is 3. The molecule has 0 aliphatic carbocycles. The lowest BCUT2D eigenvalue weighted by atomic mass is 10.2. The first-order valence-corrected chi connectivity index (χ1v) is 6.77. The molecule has 0 atom stereocenters. The van der Waals surface area contributed by atoms with E-state index in [1.807, 2.05) is 0 Å². The highest BCUT2D eigenvalue weighted by Crippen LogP contribution is 2.35. The first-order valence-electron chi connectivity index (χ1n) is 5.85. The second-order valence-electron chi connectivity index (χ2n) is 3.69. The van der Waals surface area contributed by atoms with E-state index in [9.17, 15) is 0 Å². The van der Waals surface area contributed by atoms with Gasteiger partial charge in [-0.15, -0.1) is 11.6 Å². The van der Waals surface area contributed by atoms with E-state index < -0.39 is 0 Å². The Balaban J connectivity index is 2.67. The lowest BCUT2D eigenvalue weighted by Crippen LogP contribution is -2.09. The van der Waals surface area contributed by atoms with Crippen LogP contribution >= 0.6 is 23.2 Å². The molecule has 0 aromatic heterocycles. The molecule has 3 nitrogen and oxygen atoms in total. The van der Waals surface area contributed by atoms with Gasteiger partial charge in [0.2, 0.25) is 0 Å². The molecule has 1 aromatic rings. The van der Waals surface area contributed by atoms with Crippen molar-refractivity contribution in [2.75, 3.05) is 26.9 Å². The van der Waals surface area contributed by atoms with Crippen molar-refractivity contribution < 1.29 is 14.2 Å². The van der Waals surface area contributed by atoms with E-state index in [2.05, 4.69) is 6.92 Å². The van der Waals surface area contributed by atoms with Crippen molar-refractivity contribution in [2.24, 2.45) is 0 Å². The van der Waals surface area contributed by atoms with Crippen LogP contribution in [-0.2, 0) is 10.6 Å². The molecule has 0 unspecified atom stereocenters. The van der Waals surface area contributed by atoms with Gasteiger partial charge in [0.05, 0.1) is 19.6 Å². The molecular formula is C13H18Cl2O3. The molecule has 0 heterocycles. The van der Waals surface area contributed by atoms with Crippen molar-refractivity contribution in [3.05, 3.63) is 22.7 Å². The number of alkyl halides is 1. The molecule has 1 rings (SSSR count). The van der Waals surface area contributed by atoms with Gasteiger partial charge in [-0.2, -0.15) is 0 Å². The van der Waals surface area contributed by atoms with Crippen molar-refractivity contribution >= 4 is 23.2 Å². The number of rotatable bonds is 8. The van der Waals surface area contributed by atoms with Crippen molar-refractivity contribution in [1.82, 2.24) is 0 Å². The Morgan fingerprint density at radius 2 is 1.94 bits per heavy atom. The van der Waals surface area contributed by atoms with Crippen LogP contribution in [0.5, 0.6) is 11.5 Å². The van der Waals surface area contributed by atoms with Crippen LogP contribution in [0.25, 0.3) is 0 Å². The number of benzene rings is 1. The molecule has 0 N–H and O–H groups in total. The van der Waals surface area contributed by atoms with Crippen molar-refractivity contribution in [1.29, 1.82) is 0 Å². The monoisotopic (exact) mass is 292 g/mol. The van der Waals surface area contributed by atoms with Crippen LogP contribution in [0.3, 0.4) is 0 Å². The molecule has 0 aliphatic rings. The van der Waals surface area contributed by atoms with E-state index in [1.165, 1.54) is 0 Å². The Kier molecular flexibility index (Phi) is 7.25. The summed E-state index contributed by atoms with van der Waals surface area (Å²) in [5.74, 6) is 1.55. The average molecular weight is 293 g/mol. The summed E-state index contributed by atoms with van der Waals surface area (Å²) >= 11 is 11.8. The van der Waals surface area contributed by atoms with Gasteiger partial charge in [-0.3, -0.25) is 0 Å². The number of hydrogen-bond acceptors (Lipinski definition) is 3. The molecule has 18 heavy (non-hydrogen) atoms. The second-order valence-corrected chi connectivity index (χ2v) is 4.39. The standard InChI is InChI=1S/C13H18Cl2O3/c1-3-4-17-5-6-18-13-10(9-14)7-11(15)8-12(13)16-2/h7-8H,3-6,9H2,1-2H3. The summed E-state index contributed by atoms with van der Waals surface area (Å²) < 4.78 is 16.2. The maximum atomic E-state index is 5.96. The first-order chi connectivity index (χ1) is 8.72. The van der Waals surface area contributed by atoms with E-state index in [4.69, 9.17) is 37.4 Å². The topological polar surface area (TPSA) is 27.7 Å². The number of halogens is 2. The maximum Gasteiger partial charge on any atom is 0.165 e. The van der Waals surface area contributed by atoms with Gasteiger partial charge in [0.25, 0.3) is 0 Å². The summed E-state index contributed by atoms with van der Waals surface area (Å²) in [6.07, 6.45) is 0.997. The Labute approximate surface area is 118 Å². The molecule has 0 fully saturated rings. The summed E-state index contributed by atoms with van der Waals surface area (Å²) in [5.41, 5.74) is 0.816. The van der Waals surface area contributed by atoms with Gasteiger partial charge >= 0.3 is 0 Å². The third-order valence-corrected chi connectivity index (χ3v) is 2.79. The molecule has 0 spiro atoms. The first kappa shape index (κ1) is 15.4. The Bertz CT molecular complexity index is 344. The minimum Gasteiger partial charge on any atom is -0.493 e. The van der Waals surface area contributed by atoms with Gasteiger partial charge in [0.1, 0.15) is 6.61 Å². The number of methoxy groups -OCH3 is 1. The molecule has 102 valence electrons. The molecule has 0 amide bonds. The fourth-order valence-electron chi connectivity index (χ4n) is 1.49. The quantitative estimate of drug-likeness (QED) is 0.537. The highest BCUT2D eigenvalue weighted by Gasteiger charge is 2.12. The SMILES string of the molecule is CCCOCCOc1c(CCl)cc(Cl)cc1OC. The summed E-state index contributed by atoms with van der Waals surface area (Å²) in [5, 5.41) is 0.581. The summed E-state index contributed by atoms with van der Waals surface area (Å²) in [6.45, 7) is 3.81. The van der Waals surface area contributed by atoms with Crippen LogP contribution in [0.15, 0.2) is 12.1 Å². The zero-order valence-electron chi connectivity index (χ0n) is 10.7. The fraction of sp³-hybridized carbons (Fsp3) is 0.538. The highest BCUT2D eigenvalue weighted by molar-refractivity contribution is 6.31.